The van der Waals surface area contributed by atoms with E-state index >= 15 is 0 Å². The summed E-state index contributed by atoms with van der Waals surface area (Å²) in [5.41, 5.74) is 6.77. The van der Waals surface area contributed by atoms with Gasteiger partial charge in [0, 0.05) is 28.0 Å². The zero-order chi connectivity index (χ0) is 23.5. The second-order valence-electron chi connectivity index (χ2n) is 7.80. The molecule has 33 heavy (non-hydrogen) atoms. The molecule has 1 N–H and O–H groups in total. The largest absolute Gasteiger partial charge is 0.484 e. The van der Waals surface area contributed by atoms with Crippen LogP contribution in [0, 0.1) is 20.8 Å². The van der Waals surface area contributed by atoms with Crippen LogP contribution in [-0.4, -0.2) is 34.3 Å². The molecule has 3 heterocycles. The van der Waals surface area contributed by atoms with Crippen molar-refractivity contribution in [3.05, 3.63) is 77.1 Å². The van der Waals surface area contributed by atoms with E-state index in [9.17, 15) is 9.59 Å². The number of fused-ring (bicyclic) bond motifs is 1. The molecule has 0 bridgehead atoms. The quantitative estimate of drug-likeness (QED) is 0.405. The van der Waals surface area contributed by atoms with Gasteiger partial charge in [-0.25, -0.2) is 4.79 Å². The third-order valence-corrected chi connectivity index (χ3v) is 5.55. The Bertz CT molecular complexity index is 1280. The number of carbonyl (C=O) groups is 2. The number of esters is 1. The lowest BCUT2D eigenvalue weighted by Gasteiger charge is -2.12. The summed E-state index contributed by atoms with van der Waals surface area (Å²) in [5.74, 6) is 0.582. The number of aryl methyl sites for hydroxylation is 2. The average Bonchev–Trinajstić information content (AvgIpc) is 3.48. The van der Waals surface area contributed by atoms with E-state index in [1.54, 1.807) is 30.0 Å². The molecule has 0 saturated carbocycles. The minimum Gasteiger partial charge on any atom is -0.484 e. The molecule has 0 radical (unpaired) electrons. The van der Waals surface area contributed by atoms with E-state index in [0.29, 0.717) is 23.2 Å². The second kappa shape index (κ2) is 9.28. The SMILES string of the molecule is CCOC(=O)c1c(C)n(Cc2ccco2)c2ccc(OCC(=O)Nn3c(C)ccc3C)cc12. The highest BCUT2D eigenvalue weighted by Crippen LogP contribution is 2.31. The average molecular weight is 450 g/mol. The van der Waals surface area contributed by atoms with Gasteiger partial charge in [-0.05, 0) is 70.2 Å². The predicted molar refractivity (Wildman–Crippen MR) is 124 cm³/mol. The molecule has 0 spiro atoms. The van der Waals surface area contributed by atoms with E-state index < -0.39 is 5.97 Å². The van der Waals surface area contributed by atoms with Crippen LogP contribution in [0.15, 0.2) is 53.1 Å². The molecule has 0 atom stereocenters. The normalized spacial score (nSPS) is 11.0. The van der Waals surface area contributed by atoms with Crippen LogP contribution in [0.4, 0.5) is 0 Å². The number of nitrogens with zero attached hydrogens (tertiary/aromatic N) is 2. The van der Waals surface area contributed by atoms with Crippen molar-refractivity contribution in [2.45, 2.75) is 34.2 Å². The molecule has 1 amide bonds. The summed E-state index contributed by atoms with van der Waals surface area (Å²) in [6.07, 6.45) is 1.62. The summed E-state index contributed by atoms with van der Waals surface area (Å²) in [7, 11) is 0. The third kappa shape index (κ3) is 4.50. The lowest BCUT2D eigenvalue weighted by Crippen LogP contribution is -2.29. The molecule has 0 fully saturated rings. The highest BCUT2D eigenvalue weighted by molar-refractivity contribution is 6.06. The summed E-state index contributed by atoms with van der Waals surface area (Å²) in [4.78, 5) is 25.1. The molecular formula is C25H27N3O5. The fourth-order valence-electron chi connectivity index (χ4n) is 3.92. The maximum absolute atomic E-state index is 12.7. The minimum atomic E-state index is -0.397. The van der Waals surface area contributed by atoms with E-state index in [2.05, 4.69) is 5.43 Å². The van der Waals surface area contributed by atoms with E-state index in [4.69, 9.17) is 13.9 Å². The topological polar surface area (TPSA) is 87.6 Å². The Morgan fingerprint density at radius 3 is 2.48 bits per heavy atom. The predicted octanol–water partition coefficient (Wildman–Crippen LogP) is 4.34. The van der Waals surface area contributed by atoms with E-state index in [0.717, 1.165) is 28.4 Å². The molecule has 0 unspecified atom stereocenters. The van der Waals surface area contributed by atoms with Gasteiger partial charge in [-0.3, -0.25) is 14.9 Å². The molecule has 0 aliphatic heterocycles. The van der Waals surface area contributed by atoms with Gasteiger partial charge < -0.3 is 18.5 Å². The van der Waals surface area contributed by atoms with Crippen LogP contribution in [-0.2, 0) is 16.1 Å². The number of furan rings is 1. The zero-order valence-corrected chi connectivity index (χ0v) is 19.2. The van der Waals surface area contributed by atoms with Crippen LogP contribution in [0.2, 0.25) is 0 Å². The number of carbonyl (C=O) groups excluding carboxylic acids is 2. The zero-order valence-electron chi connectivity index (χ0n) is 19.2. The van der Waals surface area contributed by atoms with Crippen molar-refractivity contribution in [2.75, 3.05) is 18.6 Å². The van der Waals surface area contributed by atoms with Crippen molar-refractivity contribution >= 4 is 22.8 Å². The number of aromatic nitrogens is 2. The number of hydrogen-bond acceptors (Lipinski definition) is 5. The summed E-state index contributed by atoms with van der Waals surface area (Å²) in [6.45, 7) is 8.07. The number of amides is 1. The third-order valence-electron chi connectivity index (χ3n) is 5.55. The summed E-state index contributed by atoms with van der Waals surface area (Å²) < 4.78 is 20.3. The minimum absolute atomic E-state index is 0.163. The number of rotatable bonds is 8. The van der Waals surface area contributed by atoms with Gasteiger partial charge in [-0.15, -0.1) is 0 Å². The van der Waals surface area contributed by atoms with Crippen LogP contribution in [0.1, 0.15) is 40.1 Å². The molecule has 172 valence electrons. The van der Waals surface area contributed by atoms with Crippen molar-refractivity contribution < 1.29 is 23.5 Å². The molecular weight excluding hydrogens is 422 g/mol. The van der Waals surface area contributed by atoms with Crippen LogP contribution in [0.25, 0.3) is 10.9 Å². The molecule has 0 aliphatic carbocycles. The Kier molecular flexibility index (Phi) is 6.26. The van der Waals surface area contributed by atoms with Crippen molar-refractivity contribution in [1.82, 2.24) is 9.24 Å². The Balaban J connectivity index is 1.60. The van der Waals surface area contributed by atoms with Crippen LogP contribution < -0.4 is 10.2 Å². The van der Waals surface area contributed by atoms with E-state index in [1.165, 1.54) is 0 Å². The highest BCUT2D eigenvalue weighted by atomic mass is 16.5. The lowest BCUT2D eigenvalue weighted by molar-refractivity contribution is -0.119. The Morgan fingerprint density at radius 2 is 1.82 bits per heavy atom. The lowest BCUT2D eigenvalue weighted by atomic mass is 10.1. The maximum atomic E-state index is 12.7. The van der Waals surface area contributed by atoms with Crippen LogP contribution in [0.5, 0.6) is 5.75 Å². The fourth-order valence-corrected chi connectivity index (χ4v) is 3.92. The summed E-state index contributed by atoms with van der Waals surface area (Å²) >= 11 is 0. The summed E-state index contributed by atoms with van der Waals surface area (Å²) in [5, 5.41) is 0.701. The first-order valence-electron chi connectivity index (χ1n) is 10.8. The first-order chi connectivity index (χ1) is 15.9. The van der Waals surface area contributed by atoms with Gasteiger partial charge in [0.15, 0.2) is 6.61 Å². The highest BCUT2D eigenvalue weighted by Gasteiger charge is 2.22. The Hall–Kier alpha value is -3.94. The van der Waals surface area contributed by atoms with Gasteiger partial charge in [0.2, 0.25) is 0 Å². The van der Waals surface area contributed by atoms with Gasteiger partial charge in [-0.1, -0.05) is 0 Å². The van der Waals surface area contributed by atoms with Crippen LogP contribution in [0.3, 0.4) is 0 Å². The second-order valence-corrected chi connectivity index (χ2v) is 7.80. The Labute approximate surface area is 191 Å². The van der Waals surface area contributed by atoms with E-state index in [-0.39, 0.29) is 19.1 Å². The number of benzene rings is 1. The maximum Gasteiger partial charge on any atom is 0.340 e. The Morgan fingerprint density at radius 1 is 1.06 bits per heavy atom. The van der Waals surface area contributed by atoms with Gasteiger partial charge in [0.05, 0.1) is 25.0 Å². The number of nitrogens with one attached hydrogen (secondary N) is 1. The van der Waals surface area contributed by atoms with Crippen molar-refractivity contribution in [3.63, 3.8) is 0 Å². The standard InChI is InChI=1S/C25H27N3O5/c1-5-31-25(30)24-18(4)27(14-20-7-6-12-32-20)22-11-10-19(13-21(22)24)33-15-23(29)26-28-16(2)8-9-17(28)3/h6-13H,5,14-15H2,1-4H3,(H,26,29). The smallest absolute Gasteiger partial charge is 0.340 e. The van der Waals surface area contributed by atoms with Crippen molar-refractivity contribution in [2.24, 2.45) is 0 Å². The fraction of sp³-hybridized carbons (Fsp3) is 0.280. The van der Waals surface area contributed by atoms with Gasteiger partial charge in [-0.2, -0.15) is 0 Å². The molecule has 0 saturated heterocycles. The molecule has 0 aliphatic rings. The molecule has 3 aromatic heterocycles. The first-order valence-corrected chi connectivity index (χ1v) is 10.8. The van der Waals surface area contributed by atoms with Crippen molar-refractivity contribution in [3.8, 4) is 5.75 Å². The van der Waals surface area contributed by atoms with Gasteiger partial charge in [0.25, 0.3) is 5.91 Å². The molecule has 8 heteroatoms. The van der Waals surface area contributed by atoms with Gasteiger partial charge in [0.1, 0.15) is 11.5 Å². The molecule has 8 nitrogen and oxygen atoms in total. The van der Waals surface area contributed by atoms with Crippen LogP contribution >= 0.6 is 0 Å². The number of hydrogen-bond donors (Lipinski definition) is 1. The van der Waals surface area contributed by atoms with Gasteiger partial charge >= 0.3 is 5.97 Å². The first kappa shape index (κ1) is 22.3. The molecule has 4 rings (SSSR count). The number of ether oxygens (including phenoxy) is 2. The van der Waals surface area contributed by atoms with E-state index in [1.807, 2.05) is 55.7 Å². The monoisotopic (exact) mass is 449 g/mol. The summed E-state index contributed by atoms with van der Waals surface area (Å²) in [6, 6.07) is 13.0. The van der Waals surface area contributed by atoms with Crippen molar-refractivity contribution in [1.29, 1.82) is 0 Å². The molecule has 4 aromatic rings. The molecule has 1 aromatic carbocycles.